The lowest BCUT2D eigenvalue weighted by Crippen LogP contribution is -2.55. The number of morpholine rings is 1. The number of ether oxygens (including phenoxy) is 1. The Kier molecular flexibility index (Phi) is 3.63. The zero-order valence-electron chi connectivity index (χ0n) is 10.6. The minimum Gasteiger partial charge on any atom is -0.363 e. The topological polar surface area (TPSA) is 41.6 Å². The number of benzene rings is 1. The van der Waals surface area contributed by atoms with Crippen molar-refractivity contribution in [3.05, 3.63) is 30.1 Å². The monoisotopic (exact) mass is 252 g/mol. The lowest BCUT2D eigenvalue weighted by Gasteiger charge is -2.37. The molecule has 0 radical (unpaired) electrons. The van der Waals surface area contributed by atoms with Crippen LogP contribution in [-0.2, 0) is 9.53 Å². The van der Waals surface area contributed by atoms with Gasteiger partial charge in [-0.05, 0) is 38.2 Å². The smallest absolute Gasteiger partial charge is 0.257 e. The number of halogens is 1. The molecule has 1 fully saturated rings. The van der Waals surface area contributed by atoms with Crippen LogP contribution in [0.15, 0.2) is 24.3 Å². The minimum absolute atomic E-state index is 0.208. The van der Waals surface area contributed by atoms with E-state index in [0.29, 0.717) is 18.8 Å². The number of carbonyl (C=O) groups is 1. The van der Waals surface area contributed by atoms with Gasteiger partial charge in [0.05, 0.1) is 6.61 Å². The lowest BCUT2D eigenvalue weighted by atomic mass is 10.0. The van der Waals surface area contributed by atoms with Gasteiger partial charge in [-0.2, -0.15) is 0 Å². The summed E-state index contributed by atoms with van der Waals surface area (Å²) in [6, 6.07) is 5.68. The Morgan fingerprint density at radius 2 is 2.11 bits per heavy atom. The van der Waals surface area contributed by atoms with E-state index in [4.69, 9.17) is 4.74 Å². The highest BCUT2D eigenvalue weighted by Gasteiger charge is 2.38. The largest absolute Gasteiger partial charge is 0.363 e. The molecule has 1 N–H and O–H groups in total. The Morgan fingerprint density at radius 1 is 1.44 bits per heavy atom. The number of hydrogen-bond acceptors (Lipinski definition) is 3. The minimum atomic E-state index is -0.860. The molecule has 1 aromatic carbocycles. The molecule has 0 aromatic heterocycles. The molecule has 5 heteroatoms. The van der Waals surface area contributed by atoms with E-state index < -0.39 is 5.60 Å². The molecular weight excluding hydrogens is 235 g/mol. The third-order valence-electron chi connectivity index (χ3n) is 3.05. The summed E-state index contributed by atoms with van der Waals surface area (Å²) in [6.07, 6.45) is 0. The van der Waals surface area contributed by atoms with Crippen molar-refractivity contribution in [2.75, 3.05) is 32.1 Å². The van der Waals surface area contributed by atoms with Gasteiger partial charge in [0.15, 0.2) is 5.60 Å². The average molecular weight is 252 g/mol. The van der Waals surface area contributed by atoms with Crippen LogP contribution in [0.3, 0.4) is 0 Å². The molecule has 1 heterocycles. The summed E-state index contributed by atoms with van der Waals surface area (Å²) in [6.45, 7) is 3.66. The molecule has 1 atom stereocenters. The SMILES string of the molecule is CN1CCO[C@](C)(C(=O)Nc2ccc(F)cc2)C1. The molecule has 1 amide bonds. The second-order valence-corrected chi connectivity index (χ2v) is 4.78. The molecular formula is C13H17FN2O2. The van der Waals surface area contributed by atoms with Crippen molar-refractivity contribution in [1.29, 1.82) is 0 Å². The first kappa shape index (κ1) is 13.0. The summed E-state index contributed by atoms with van der Waals surface area (Å²) in [4.78, 5) is 14.2. The van der Waals surface area contributed by atoms with Crippen LogP contribution in [0.25, 0.3) is 0 Å². The van der Waals surface area contributed by atoms with Crippen LogP contribution in [-0.4, -0.2) is 43.2 Å². The third-order valence-corrected chi connectivity index (χ3v) is 3.05. The number of carbonyl (C=O) groups excluding carboxylic acids is 1. The van der Waals surface area contributed by atoms with Gasteiger partial charge in [-0.25, -0.2) is 4.39 Å². The molecule has 1 aliphatic heterocycles. The Bertz CT molecular complexity index is 435. The Labute approximate surface area is 106 Å². The second-order valence-electron chi connectivity index (χ2n) is 4.78. The van der Waals surface area contributed by atoms with Crippen LogP contribution in [0.5, 0.6) is 0 Å². The number of nitrogens with zero attached hydrogens (tertiary/aromatic N) is 1. The van der Waals surface area contributed by atoms with E-state index in [1.807, 2.05) is 11.9 Å². The molecule has 4 nitrogen and oxygen atoms in total. The summed E-state index contributed by atoms with van der Waals surface area (Å²) >= 11 is 0. The van der Waals surface area contributed by atoms with E-state index in [9.17, 15) is 9.18 Å². The normalized spacial score (nSPS) is 24.8. The van der Waals surface area contributed by atoms with Crippen LogP contribution < -0.4 is 5.32 Å². The van der Waals surface area contributed by atoms with E-state index in [1.54, 1.807) is 6.92 Å². The Morgan fingerprint density at radius 3 is 2.72 bits per heavy atom. The molecule has 0 spiro atoms. The molecule has 0 aliphatic carbocycles. The maximum atomic E-state index is 12.8. The molecule has 98 valence electrons. The first-order valence-corrected chi connectivity index (χ1v) is 5.89. The zero-order valence-corrected chi connectivity index (χ0v) is 10.6. The highest BCUT2D eigenvalue weighted by molar-refractivity contribution is 5.97. The molecule has 1 saturated heterocycles. The Hall–Kier alpha value is -1.46. The van der Waals surface area contributed by atoms with Gasteiger partial charge in [0.2, 0.25) is 0 Å². The van der Waals surface area contributed by atoms with Gasteiger partial charge in [-0.1, -0.05) is 0 Å². The standard InChI is InChI=1S/C13H17FN2O2/c1-13(9-16(2)7-8-18-13)12(17)15-11-5-3-10(14)4-6-11/h3-6H,7-9H2,1-2H3,(H,15,17)/t13-/m0/s1. The van der Waals surface area contributed by atoms with Crippen LogP contribution in [0.4, 0.5) is 10.1 Å². The van der Waals surface area contributed by atoms with E-state index in [-0.39, 0.29) is 11.7 Å². The summed E-state index contributed by atoms with van der Waals surface area (Å²) < 4.78 is 18.3. The number of amides is 1. The van der Waals surface area contributed by atoms with E-state index in [2.05, 4.69) is 5.32 Å². The lowest BCUT2D eigenvalue weighted by molar-refractivity contribution is -0.149. The van der Waals surface area contributed by atoms with Gasteiger partial charge in [-0.15, -0.1) is 0 Å². The van der Waals surface area contributed by atoms with E-state index in [0.717, 1.165) is 6.54 Å². The van der Waals surface area contributed by atoms with Crippen molar-refractivity contribution in [1.82, 2.24) is 4.90 Å². The molecule has 1 aromatic rings. The van der Waals surface area contributed by atoms with Crippen LogP contribution >= 0.6 is 0 Å². The van der Waals surface area contributed by atoms with Crippen molar-refractivity contribution >= 4 is 11.6 Å². The molecule has 1 aliphatic rings. The number of rotatable bonds is 2. The number of anilines is 1. The molecule has 0 bridgehead atoms. The fraction of sp³-hybridized carbons (Fsp3) is 0.462. The second kappa shape index (κ2) is 5.04. The summed E-state index contributed by atoms with van der Waals surface area (Å²) in [7, 11) is 1.95. The summed E-state index contributed by atoms with van der Waals surface area (Å²) in [5, 5.41) is 2.74. The van der Waals surface area contributed by atoms with Gasteiger partial charge >= 0.3 is 0 Å². The van der Waals surface area contributed by atoms with E-state index >= 15 is 0 Å². The summed E-state index contributed by atoms with van der Waals surface area (Å²) in [5.41, 5.74) is -0.291. The van der Waals surface area contributed by atoms with Crippen molar-refractivity contribution in [3.8, 4) is 0 Å². The number of nitrogens with one attached hydrogen (secondary N) is 1. The van der Waals surface area contributed by atoms with E-state index in [1.165, 1.54) is 24.3 Å². The molecule has 0 unspecified atom stereocenters. The molecule has 18 heavy (non-hydrogen) atoms. The third kappa shape index (κ3) is 2.86. The molecule has 2 rings (SSSR count). The first-order chi connectivity index (χ1) is 8.49. The van der Waals surface area contributed by atoms with Gasteiger partial charge in [-0.3, -0.25) is 4.79 Å². The van der Waals surface area contributed by atoms with Crippen molar-refractivity contribution in [3.63, 3.8) is 0 Å². The van der Waals surface area contributed by atoms with Gasteiger partial charge < -0.3 is 15.0 Å². The Balaban J connectivity index is 2.04. The van der Waals surface area contributed by atoms with Gasteiger partial charge in [0.1, 0.15) is 5.82 Å². The molecule has 0 saturated carbocycles. The van der Waals surface area contributed by atoms with Crippen LogP contribution in [0.2, 0.25) is 0 Å². The highest BCUT2D eigenvalue weighted by atomic mass is 19.1. The van der Waals surface area contributed by atoms with Crippen LogP contribution in [0.1, 0.15) is 6.92 Å². The van der Waals surface area contributed by atoms with Crippen LogP contribution in [0, 0.1) is 5.82 Å². The zero-order chi connectivity index (χ0) is 13.2. The van der Waals surface area contributed by atoms with Gasteiger partial charge in [0, 0.05) is 18.8 Å². The van der Waals surface area contributed by atoms with Gasteiger partial charge in [0.25, 0.3) is 5.91 Å². The van der Waals surface area contributed by atoms with Crippen molar-refractivity contribution in [2.45, 2.75) is 12.5 Å². The average Bonchev–Trinajstić information content (AvgIpc) is 2.32. The highest BCUT2D eigenvalue weighted by Crippen LogP contribution is 2.19. The summed E-state index contributed by atoms with van der Waals surface area (Å²) in [5.74, 6) is -0.534. The number of likely N-dealkylation sites (N-methyl/N-ethyl adjacent to an activating group) is 1. The quantitative estimate of drug-likeness (QED) is 0.867. The number of hydrogen-bond donors (Lipinski definition) is 1. The van der Waals surface area contributed by atoms with Crippen molar-refractivity contribution < 1.29 is 13.9 Å². The maximum absolute atomic E-state index is 12.8. The first-order valence-electron chi connectivity index (χ1n) is 5.89. The maximum Gasteiger partial charge on any atom is 0.257 e. The predicted octanol–water partition coefficient (Wildman–Crippen LogP) is 1.48. The fourth-order valence-corrected chi connectivity index (χ4v) is 2.00. The predicted molar refractivity (Wildman–Crippen MR) is 66.9 cm³/mol. The van der Waals surface area contributed by atoms with Crippen molar-refractivity contribution in [2.24, 2.45) is 0 Å². The fourth-order valence-electron chi connectivity index (χ4n) is 2.00.